The molecule has 7 nitrogen and oxygen atoms in total. The molecular weight excluding hydrogens is 281 g/mol. The zero-order valence-corrected chi connectivity index (χ0v) is 11.3. The van der Waals surface area contributed by atoms with Gasteiger partial charge in [0.15, 0.2) is 6.61 Å². The maximum absolute atomic E-state index is 13.3. The van der Waals surface area contributed by atoms with Gasteiger partial charge in [-0.05, 0) is 25.5 Å². The van der Waals surface area contributed by atoms with Crippen LogP contribution in [0.2, 0.25) is 0 Å². The fourth-order valence-electron chi connectivity index (χ4n) is 2.09. The van der Waals surface area contributed by atoms with Crippen molar-refractivity contribution in [2.45, 2.75) is 18.9 Å². The summed E-state index contributed by atoms with van der Waals surface area (Å²) in [6, 6.07) is 3.44. The van der Waals surface area contributed by atoms with E-state index in [0.717, 1.165) is 31.5 Å². The fourth-order valence-corrected chi connectivity index (χ4v) is 2.09. The summed E-state index contributed by atoms with van der Waals surface area (Å²) in [6.07, 6.45) is 2.12. The zero-order chi connectivity index (χ0) is 15.2. The van der Waals surface area contributed by atoms with E-state index < -0.39 is 16.4 Å². The highest BCUT2D eigenvalue weighted by Crippen LogP contribution is 2.22. The van der Waals surface area contributed by atoms with Gasteiger partial charge >= 0.3 is 5.69 Å². The first-order valence-electron chi connectivity index (χ1n) is 6.63. The third-order valence-corrected chi connectivity index (χ3v) is 3.19. The van der Waals surface area contributed by atoms with Gasteiger partial charge in [0, 0.05) is 24.7 Å². The number of nitro groups is 1. The van der Waals surface area contributed by atoms with Gasteiger partial charge in [-0.15, -0.1) is 0 Å². The van der Waals surface area contributed by atoms with Crippen LogP contribution in [0.4, 0.5) is 10.1 Å². The molecule has 2 rings (SSSR count). The lowest BCUT2D eigenvalue weighted by Crippen LogP contribution is -2.39. The molecule has 21 heavy (non-hydrogen) atoms. The lowest BCUT2D eigenvalue weighted by Gasteiger charge is -2.12. The summed E-state index contributed by atoms with van der Waals surface area (Å²) in [5.74, 6) is -1.23. The summed E-state index contributed by atoms with van der Waals surface area (Å²) in [5, 5.41) is 16.4. The van der Waals surface area contributed by atoms with Gasteiger partial charge in [0.1, 0.15) is 5.75 Å². The standard InChI is InChI=1S/C13H16FN3O4/c14-11-6-10(3-4-12(11)17(19)20)21-8-13(18)16-7-9-2-1-5-15-9/h3-4,6,9,15H,1-2,5,7-8H2,(H,16,18). The highest BCUT2D eigenvalue weighted by atomic mass is 19.1. The minimum Gasteiger partial charge on any atom is -0.484 e. The van der Waals surface area contributed by atoms with Gasteiger partial charge in [0.2, 0.25) is 5.82 Å². The van der Waals surface area contributed by atoms with Crippen molar-refractivity contribution >= 4 is 11.6 Å². The summed E-state index contributed by atoms with van der Waals surface area (Å²) in [7, 11) is 0. The third kappa shape index (κ3) is 4.38. The second-order valence-electron chi connectivity index (χ2n) is 4.76. The minimum atomic E-state index is -0.993. The summed E-state index contributed by atoms with van der Waals surface area (Å²) in [5.41, 5.74) is -0.626. The van der Waals surface area contributed by atoms with E-state index in [4.69, 9.17) is 4.74 Å². The van der Waals surface area contributed by atoms with Crippen LogP contribution in [0.5, 0.6) is 5.75 Å². The molecule has 1 aromatic rings. The Balaban J connectivity index is 1.78. The number of nitro benzene ring substituents is 1. The van der Waals surface area contributed by atoms with Gasteiger partial charge in [-0.25, -0.2) is 0 Å². The number of carbonyl (C=O) groups excluding carboxylic acids is 1. The van der Waals surface area contributed by atoms with Crippen molar-refractivity contribution in [2.24, 2.45) is 0 Å². The molecule has 0 aliphatic carbocycles. The molecule has 0 radical (unpaired) electrons. The van der Waals surface area contributed by atoms with Gasteiger partial charge in [0.05, 0.1) is 4.92 Å². The number of nitrogens with zero attached hydrogens (tertiary/aromatic N) is 1. The molecule has 1 atom stereocenters. The van der Waals surface area contributed by atoms with E-state index in [1.165, 1.54) is 6.07 Å². The van der Waals surface area contributed by atoms with Gasteiger partial charge in [-0.2, -0.15) is 4.39 Å². The van der Waals surface area contributed by atoms with E-state index in [2.05, 4.69) is 10.6 Å². The Bertz CT molecular complexity index is 532. The van der Waals surface area contributed by atoms with Gasteiger partial charge < -0.3 is 15.4 Å². The molecule has 0 spiro atoms. The molecule has 1 aliphatic heterocycles. The monoisotopic (exact) mass is 297 g/mol. The van der Waals surface area contributed by atoms with Crippen LogP contribution in [0.3, 0.4) is 0 Å². The summed E-state index contributed by atoms with van der Waals surface area (Å²) >= 11 is 0. The normalized spacial score (nSPS) is 17.5. The third-order valence-electron chi connectivity index (χ3n) is 3.19. The molecule has 0 saturated carbocycles. The van der Waals surface area contributed by atoms with Crippen molar-refractivity contribution in [3.05, 3.63) is 34.1 Å². The molecule has 1 aromatic carbocycles. The molecule has 0 aromatic heterocycles. The highest BCUT2D eigenvalue weighted by molar-refractivity contribution is 5.77. The number of ether oxygens (including phenoxy) is 1. The molecule has 0 bridgehead atoms. The van der Waals surface area contributed by atoms with Crippen molar-refractivity contribution in [3.8, 4) is 5.75 Å². The molecular formula is C13H16FN3O4. The van der Waals surface area contributed by atoms with Crippen molar-refractivity contribution in [3.63, 3.8) is 0 Å². The van der Waals surface area contributed by atoms with Crippen molar-refractivity contribution < 1.29 is 18.8 Å². The van der Waals surface area contributed by atoms with E-state index in [9.17, 15) is 19.3 Å². The van der Waals surface area contributed by atoms with E-state index in [0.29, 0.717) is 6.54 Å². The smallest absolute Gasteiger partial charge is 0.305 e. The van der Waals surface area contributed by atoms with Crippen LogP contribution < -0.4 is 15.4 Å². The average molecular weight is 297 g/mol. The molecule has 114 valence electrons. The summed E-state index contributed by atoms with van der Waals surface area (Å²) in [6.45, 7) is 1.22. The molecule has 1 unspecified atom stereocenters. The zero-order valence-electron chi connectivity index (χ0n) is 11.3. The second kappa shape index (κ2) is 6.98. The predicted molar refractivity (Wildman–Crippen MR) is 72.6 cm³/mol. The lowest BCUT2D eigenvalue weighted by molar-refractivity contribution is -0.387. The van der Waals surface area contributed by atoms with Gasteiger partial charge in [0.25, 0.3) is 5.91 Å². The Labute approximate surface area is 120 Å². The van der Waals surface area contributed by atoms with Crippen LogP contribution in [0, 0.1) is 15.9 Å². The number of nitrogens with one attached hydrogen (secondary N) is 2. The maximum atomic E-state index is 13.3. The molecule has 1 amide bonds. The molecule has 1 fully saturated rings. The first-order chi connectivity index (χ1) is 10.1. The molecule has 1 heterocycles. The Morgan fingerprint density at radius 3 is 3.00 bits per heavy atom. The topological polar surface area (TPSA) is 93.5 Å². The Morgan fingerprint density at radius 1 is 1.57 bits per heavy atom. The summed E-state index contributed by atoms with van der Waals surface area (Å²) in [4.78, 5) is 21.2. The average Bonchev–Trinajstić information content (AvgIpc) is 2.95. The van der Waals surface area contributed by atoms with Crippen LogP contribution in [0.15, 0.2) is 18.2 Å². The number of hydrogen-bond donors (Lipinski definition) is 2. The highest BCUT2D eigenvalue weighted by Gasteiger charge is 2.16. The second-order valence-corrected chi connectivity index (χ2v) is 4.76. The van der Waals surface area contributed by atoms with Crippen LogP contribution >= 0.6 is 0 Å². The number of hydrogen-bond acceptors (Lipinski definition) is 5. The van der Waals surface area contributed by atoms with E-state index in [-0.39, 0.29) is 24.3 Å². The number of rotatable bonds is 6. The summed E-state index contributed by atoms with van der Waals surface area (Å²) < 4.78 is 18.5. The van der Waals surface area contributed by atoms with Crippen LogP contribution in [0.25, 0.3) is 0 Å². The number of halogens is 1. The molecule has 2 N–H and O–H groups in total. The first kappa shape index (κ1) is 15.2. The van der Waals surface area contributed by atoms with E-state index >= 15 is 0 Å². The SMILES string of the molecule is O=C(COc1ccc([N+](=O)[O-])c(F)c1)NCC1CCCN1. The number of amides is 1. The van der Waals surface area contributed by atoms with Crippen LogP contribution in [-0.2, 0) is 4.79 Å². The Hall–Kier alpha value is -2.22. The van der Waals surface area contributed by atoms with Gasteiger partial charge in [-0.1, -0.05) is 0 Å². The quantitative estimate of drug-likeness (QED) is 0.603. The van der Waals surface area contributed by atoms with E-state index in [1.807, 2.05) is 0 Å². The predicted octanol–water partition coefficient (Wildman–Crippen LogP) is 0.981. The Kier molecular flexibility index (Phi) is 5.04. The number of benzene rings is 1. The van der Waals surface area contributed by atoms with Crippen molar-refractivity contribution in [1.29, 1.82) is 0 Å². The molecule has 8 heteroatoms. The molecule has 1 aliphatic rings. The molecule has 1 saturated heterocycles. The van der Waals surface area contributed by atoms with Crippen LogP contribution in [0.1, 0.15) is 12.8 Å². The maximum Gasteiger partial charge on any atom is 0.305 e. The number of carbonyl (C=O) groups is 1. The lowest BCUT2D eigenvalue weighted by atomic mass is 10.2. The Morgan fingerprint density at radius 2 is 2.38 bits per heavy atom. The largest absolute Gasteiger partial charge is 0.484 e. The minimum absolute atomic E-state index is 0.0761. The van der Waals surface area contributed by atoms with Gasteiger partial charge in [-0.3, -0.25) is 14.9 Å². The first-order valence-corrected chi connectivity index (χ1v) is 6.63. The van der Waals surface area contributed by atoms with Crippen molar-refractivity contribution in [2.75, 3.05) is 19.7 Å². The van der Waals surface area contributed by atoms with E-state index in [1.54, 1.807) is 0 Å². The van der Waals surface area contributed by atoms with Crippen molar-refractivity contribution in [1.82, 2.24) is 10.6 Å². The fraction of sp³-hybridized carbons (Fsp3) is 0.462. The van der Waals surface area contributed by atoms with Crippen LogP contribution in [-0.4, -0.2) is 36.6 Å².